The summed E-state index contributed by atoms with van der Waals surface area (Å²) >= 11 is 0. The van der Waals surface area contributed by atoms with Gasteiger partial charge < -0.3 is 69.6 Å². The molecule has 7 rings (SSSR count). The molecule has 0 aromatic carbocycles. The van der Waals surface area contributed by atoms with E-state index in [2.05, 4.69) is 26.8 Å². The van der Waals surface area contributed by atoms with E-state index in [1.165, 1.54) is 5.57 Å². The molecule has 3 aliphatic heterocycles. The van der Waals surface area contributed by atoms with E-state index in [-0.39, 0.29) is 47.4 Å². The number of hydrogen-bond donors (Lipinski definition) is 9. The number of aliphatic hydroxyl groups is 9. The summed E-state index contributed by atoms with van der Waals surface area (Å²) in [5, 5.41) is 92.5. The van der Waals surface area contributed by atoms with E-state index in [0.29, 0.717) is 37.0 Å². The van der Waals surface area contributed by atoms with Gasteiger partial charge in [0.05, 0.1) is 32.0 Å². The van der Waals surface area contributed by atoms with Crippen LogP contribution in [0.1, 0.15) is 85.5 Å². The highest BCUT2D eigenvalue weighted by atomic mass is 16.7. The summed E-state index contributed by atoms with van der Waals surface area (Å²) in [5.74, 6) is 0.404. The summed E-state index contributed by atoms with van der Waals surface area (Å²) in [6.45, 7) is 8.13. The van der Waals surface area contributed by atoms with E-state index in [4.69, 9.17) is 23.7 Å². The number of rotatable bonds is 10. The molecule has 0 amide bonds. The van der Waals surface area contributed by atoms with E-state index in [1.54, 1.807) is 0 Å². The van der Waals surface area contributed by atoms with Crippen LogP contribution in [0.2, 0.25) is 0 Å². The number of allylic oxidation sites excluding steroid dienone is 1. The van der Waals surface area contributed by atoms with Gasteiger partial charge in [0.1, 0.15) is 48.8 Å². The zero-order valence-corrected chi connectivity index (χ0v) is 31.5. The molecular formula is C39H64O14. The molecule has 0 aromatic heterocycles. The van der Waals surface area contributed by atoms with Crippen molar-refractivity contribution < 1.29 is 69.6 Å². The molecule has 14 heteroatoms. The smallest absolute Gasteiger partial charge is 0.186 e. The predicted octanol–water partition coefficient (Wildman–Crippen LogP) is 0.317. The lowest BCUT2D eigenvalue weighted by molar-refractivity contribution is -0.313. The molecule has 3 heterocycles. The molecular weight excluding hydrogens is 692 g/mol. The van der Waals surface area contributed by atoms with Crippen LogP contribution in [-0.2, 0) is 23.7 Å². The third-order valence-corrected chi connectivity index (χ3v) is 15.3. The first kappa shape index (κ1) is 40.4. The average Bonchev–Trinajstić information content (AvgIpc) is 3.57. The van der Waals surface area contributed by atoms with Crippen molar-refractivity contribution in [1.82, 2.24) is 0 Å². The lowest BCUT2D eigenvalue weighted by atomic mass is 9.47. The summed E-state index contributed by atoms with van der Waals surface area (Å²) in [4.78, 5) is 0. The minimum Gasteiger partial charge on any atom is -0.394 e. The Morgan fingerprint density at radius 1 is 0.849 bits per heavy atom. The van der Waals surface area contributed by atoms with E-state index in [1.807, 2.05) is 6.92 Å². The average molecular weight is 757 g/mol. The maximum Gasteiger partial charge on any atom is 0.186 e. The number of hydrogen-bond acceptors (Lipinski definition) is 14. The van der Waals surface area contributed by atoms with Crippen LogP contribution in [0.25, 0.3) is 0 Å². The van der Waals surface area contributed by atoms with E-state index in [9.17, 15) is 46.0 Å². The molecule has 4 aliphatic carbocycles. The fraction of sp³-hybridized carbons (Fsp3) is 0.949. The molecule has 0 radical (unpaired) electrons. The summed E-state index contributed by atoms with van der Waals surface area (Å²) in [5.41, 5.74) is 1.45. The van der Waals surface area contributed by atoms with Gasteiger partial charge in [-0.1, -0.05) is 39.3 Å². The summed E-state index contributed by atoms with van der Waals surface area (Å²) in [6, 6.07) is 0. The molecule has 0 spiro atoms. The van der Waals surface area contributed by atoms with Crippen LogP contribution in [0.5, 0.6) is 0 Å². The summed E-state index contributed by atoms with van der Waals surface area (Å²) in [7, 11) is 0. The van der Waals surface area contributed by atoms with Crippen molar-refractivity contribution in [3.63, 3.8) is 0 Å². The molecule has 0 bridgehead atoms. The normalized spacial score (nSPS) is 54.4. The second-order valence-corrected chi connectivity index (χ2v) is 18.2. The third kappa shape index (κ3) is 6.88. The Hall–Kier alpha value is -0.820. The second-order valence-electron chi connectivity index (χ2n) is 18.2. The van der Waals surface area contributed by atoms with Crippen LogP contribution in [0.15, 0.2) is 11.6 Å². The minimum atomic E-state index is -1.49. The molecule has 6 fully saturated rings. The van der Waals surface area contributed by atoms with Gasteiger partial charge in [-0.2, -0.15) is 0 Å². The van der Waals surface area contributed by atoms with Crippen LogP contribution < -0.4 is 0 Å². The zero-order chi connectivity index (χ0) is 38.2. The van der Waals surface area contributed by atoms with Crippen molar-refractivity contribution in [2.75, 3.05) is 19.8 Å². The molecule has 53 heavy (non-hydrogen) atoms. The Morgan fingerprint density at radius 3 is 2.15 bits per heavy atom. The topological polar surface area (TPSA) is 228 Å². The minimum absolute atomic E-state index is 0.0229. The predicted molar refractivity (Wildman–Crippen MR) is 186 cm³/mol. The Labute approximate surface area is 312 Å². The summed E-state index contributed by atoms with van der Waals surface area (Å²) in [6.07, 6.45) is -3.29. The van der Waals surface area contributed by atoms with Crippen molar-refractivity contribution in [2.24, 2.45) is 46.3 Å². The van der Waals surface area contributed by atoms with Crippen LogP contribution >= 0.6 is 0 Å². The number of aliphatic hydroxyl groups excluding tert-OH is 8. The van der Waals surface area contributed by atoms with Crippen LogP contribution in [0.3, 0.4) is 0 Å². The maximum absolute atomic E-state index is 12.0. The molecule has 0 aromatic rings. The van der Waals surface area contributed by atoms with Crippen molar-refractivity contribution in [2.45, 2.75) is 165 Å². The lowest BCUT2D eigenvalue weighted by Gasteiger charge is -2.58. The van der Waals surface area contributed by atoms with Crippen molar-refractivity contribution in [3.05, 3.63) is 11.6 Å². The largest absolute Gasteiger partial charge is 0.394 e. The van der Waals surface area contributed by atoms with Gasteiger partial charge in [0.25, 0.3) is 0 Å². The SMILES string of the molecule is CC(CCC1(O)OC2CC3C4CC=C5CC(OC6OC(CO)C(O)C(O)C6O)CCC5(C)C4CCC3(C)C2C1C)COC1OC(CO)C(O)C(O)C1O. The van der Waals surface area contributed by atoms with Gasteiger partial charge in [-0.3, -0.25) is 0 Å². The van der Waals surface area contributed by atoms with Crippen molar-refractivity contribution in [3.8, 4) is 0 Å². The Morgan fingerprint density at radius 2 is 1.49 bits per heavy atom. The lowest BCUT2D eigenvalue weighted by Crippen LogP contribution is -2.60. The highest BCUT2D eigenvalue weighted by Crippen LogP contribution is 2.70. The van der Waals surface area contributed by atoms with Gasteiger partial charge in [-0.05, 0) is 91.8 Å². The first-order valence-corrected chi connectivity index (χ1v) is 20.0. The highest BCUT2D eigenvalue weighted by Gasteiger charge is 2.68. The standard InChI is InChI=1S/C39H64O14/c1-18(17-49-35-33(46)31(44)29(42)26(15-40)51-35)7-12-39(48)19(2)28-25(53-39)14-24-22-6-5-20-13-21(8-10-37(20,3)23(22)9-11-38(24,28)4)50-36-34(47)32(45)30(43)27(16-41)52-36/h5,18-19,21-36,40-48H,6-17H2,1-4H3. The van der Waals surface area contributed by atoms with Gasteiger partial charge in [0, 0.05) is 12.3 Å². The van der Waals surface area contributed by atoms with Crippen LogP contribution in [0, 0.1) is 46.3 Å². The third-order valence-electron chi connectivity index (χ3n) is 15.3. The van der Waals surface area contributed by atoms with Crippen molar-refractivity contribution >= 4 is 0 Å². The Balaban J connectivity index is 0.948. The number of fused-ring (bicyclic) bond motifs is 7. The first-order valence-electron chi connectivity index (χ1n) is 20.0. The first-order chi connectivity index (χ1) is 25.1. The van der Waals surface area contributed by atoms with Gasteiger partial charge >= 0.3 is 0 Å². The Kier molecular flexibility index (Phi) is 11.6. The van der Waals surface area contributed by atoms with E-state index in [0.717, 1.165) is 38.5 Å². The Bertz CT molecular complexity index is 1310. The van der Waals surface area contributed by atoms with E-state index < -0.39 is 80.4 Å². The molecule has 304 valence electrons. The quantitative estimate of drug-likeness (QED) is 0.137. The maximum atomic E-state index is 12.0. The van der Waals surface area contributed by atoms with Crippen LogP contribution in [-0.4, -0.2) is 145 Å². The van der Waals surface area contributed by atoms with Gasteiger partial charge in [-0.25, -0.2) is 0 Å². The molecule has 7 aliphatic rings. The molecule has 14 nitrogen and oxygen atoms in total. The van der Waals surface area contributed by atoms with Gasteiger partial charge in [-0.15, -0.1) is 0 Å². The highest BCUT2D eigenvalue weighted by molar-refractivity contribution is 5.26. The molecule has 3 saturated heterocycles. The van der Waals surface area contributed by atoms with Crippen molar-refractivity contribution in [1.29, 1.82) is 0 Å². The second kappa shape index (κ2) is 15.2. The zero-order valence-electron chi connectivity index (χ0n) is 31.5. The van der Waals surface area contributed by atoms with Crippen LogP contribution in [0.4, 0.5) is 0 Å². The summed E-state index contributed by atoms with van der Waals surface area (Å²) < 4.78 is 29.8. The monoisotopic (exact) mass is 756 g/mol. The fourth-order valence-electron chi connectivity index (χ4n) is 12.1. The van der Waals surface area contributed by atoms with E-state index >= 15 is 0 Å². The van der Waals surface area contributed by atoms with Gasteiger partial charge in [0.2, 0.25) is 0 Å². The van der Waals surface area contributed by atoms with Gasteiger partial charge in [0.15, 0.2) is 18.4 Å². The fourth-order valence-corrected chi connectivity index (χ4v) is 12.1. The molecule has 3 saturated carbocycles. The molecule has 9 N–H and O–H groups in total. The molecule has 21 unspecified atom stereocenters. The molecule has 21 atom stereocenters. The number of ether oxygens (including phenoxy) is 5.